The largest absolute Gasteiger partial charge is 0.481 e. The average molecular weight is 300 g/mol. The molecule has 1 rings (SSSR count). The number of hydrogen-bond donors (Lipinski definition) is 1. The van der Waals surface area contributed by atoms with Gasteiger partial charge in [0.15, 0.2) is 5.16 Å². The van der Waals surface area contributed by atoms with E-state index in [2.05, 4.69) is 37.2 Å². The van der Waals surface area contributed by atoms with Gasteiger partial charge in [-0.1, -0.05) is 32.5 Å². The van der Waals surface area contributed by atoms with E-state index in [-0.39, 0.29) is 17.2 Å². The summed E-state index contributed by atoms with van der Waals surface area (Å²) < 4.78 is 7.59. The standard InChI is InChI=1S/C14H24N2O3S/c1-6-19-8-10(2)16-11(14(3,4)5)7-15-13(16)20-9-12(17)18/h7,10H,6,8-9H2,1-5H3,(H,17,18). The van der Waals surface area contributed by atoms with E-state index in [4.69, 9.17) is 9.84 Å². The van der Waals surface area contributed by atoms with Crippen LogP contribution in [0.4, 0.5) is 0 Å². The summed E-state index contributed by atoms with van der Waals surface area (Å²) in [6.07, 6.45) is 1.84. The van der Waals surface area contributed by atoms with Crippen LogP contribution in [-0.2, 0) is 14.9 Å². The number of aromatic nitrogens is 2. The molecule has 0 fully saturated rings. The molecule has 1 aromatic rings. The van der Waals surface area contributed by atoms with Crippen molar-refractivity contribution in [3.8, 4) is 0 Å². The van der Waals surface area contributed by atoms with Gasteiger partial charge in [-0.25, -0.2) is 4.98 Å². The second-order valence-electron chi connectivity index (χ2n) is 5.74. The number of imidazole rings is 1. The molecule has 1 N–H and O–H groups in total. The van der Waals surface area contributed by atoms with E-state index < -0.39 is 5.97 Å². The summed E-state index contributed by atoms with van der Waals surface area (Å²) in [6, 6.07) is 0.128. The van der Waals surface area contributed by atoms with E-state index >= 15 is 0 Å². The maximum atomic E-state index is 10.7. The molecule has 0 amide bonds. The molecule has 6 heteroatoms. The molecular weight excluding hydrogens is 276 g/mol. The lowest BCUT2D eigenvalue weighted by Gasteiger charge is -2.25. The fourth-order valence-electron chi connectivity index (χ4n) is 1.92. The van der Waals surface area contributed by atoms with Gasteiger partial charge < -0.3 is 14.4 Å². The third-order valence-electron chi connectivity index (χ3n) is 2.86. The SMILES string of the molecule is CCOCC(C)n1c(C(C)(C)C)cnc1SCC(=O)O. The van der Waals surface area contributed by atoms with E-state index in [0.29, 0.717) is 13.2 Å². The highest BCUT2D eigenvalue weighted by molar-refractivity contribution is 7.99. The molecule has 0 aliphatic rings. The van der Waals surface area contributed by atoms with Crippen molar-refractivity contribution in [1.29, 1.82) is 0 Å². The predicted molar refractivity (Wildman–Crippen MR) is 80.5 cm³/mol. The first-order valence-corrected chi connectivity index (χ1v) is 7.76. The zero-order valence-corrected chi connectivity index (χ0v) is 13.7. The zero-order valence-electron chi connectivity index (χ0n) is 12.8. The molecule has 0 radical (unpaired) electrons. The van der Waals surface area contributed by atoms with Crippen molar-refractivity contribution in [2.24, 2.45) is 0 Å². The minimum absolute atomic E-state index is 0.0158. The van der Waals surface area contributed by atoms with Gasteiger partial charge in [0.2, 0.25) is 0 Å². The first-order valence-electron chi connectivity index (χ1n) is 6.77. The van der Waals surface area contributed by atoms with Crippen LogP contribution in [0.2, 0.25) is 0 Å². The summed E-state index contributed by atoms with van der Waals surface area (Å²) in [5.41, 5.74) is 1.05. The van der Waals surface area contributed by atoms with Gasteiger partial charge in [-0.2, -0.15) is 0 Å². The van der Waals surface area contributed by atoms with Crippen LogP contribution in [0.3, 0.4) is 0 Å². The minimum Gasteiger partial charge on any atom is -0.481 e. The van der Waals surface area contributed by atoms with Gasteiger partial charge in [0.05, 0.1) is 18.4 Å². The van der Waals surface area contributed by atoms with Gasteiger partial charge in [-0.05, 0) is 13.8 Å². The third kappa shape index (κ3) is 4.52. The number of carboxylic acid groups (broad SMARTS) is 1. The van der Waals surface area contributed by atoms with E-state index in [9.17, 15) is 4.79 Å². The molecule has 1 unspecified atom stereocenters. The van der Waals surface area contributed by atoms with Crippen LogP contribution in [-0.4, -0.2) is 39.6 Å². The molecule has 0 saturated heterocycles. The van der Waals surface area contributed by atoms with Gasteiger partial charge in [-0.3, -0.25) is 4.79 Å². The third-order valence-corrected chi connectivity index (χ3v) is 3.81. The van der Waals surface area contributed by atoms with Crippen LogP contribution in [0.5, 0.6) is 0 Å². The number of thioether (sulfide) groups is 1. The Morgan fingerprint density at radius 1 is 1.55 bits per heavy atom. The number of carbonyl (C=O) groups is 1. The van der Waals surface area contributed by atoms with Crippen LogP contribution in [0, 0.1) is 0 Å². The fourth-order valence-corrected chi connectivity index (χ4v) is 2.72. The van der Waals surface area contributed by atoms with Gasteiger partial charge in [-0.15, -0.1) is 0 Å². The van der Waals surface area contributed by atoms with Crippen molar-refractivity contribution >= 4 is 17.7 Å². The maximum absolute atomic E-state index is 10.7. The zero-order chi connectivity index (χ0) is 15.3. The van der Waals surface area contributed by atoms with E-state index in [1.54, 1.807) is 0 Å². The van der Waals surface area contributed by atoms with Crippen LogP contribution in [0.1, 0.15) is 46.4 Å². The average Bonchev–Trinajstić information content (AvgIpc) is 2.77. The van der Waals surface area contributed by atoms with Gasteiger partial charge in [0.1, 0.15) is 0 Å². The predicted octanol–water partition coefficient (Wildman–Crippen LogP) is 2.95. The molecule has 0 saturated carbocycles. The molecule has 1 heterocycles. The smallest absolute Gasteiger partial charge is 0.313 e. The number of rotatable bonds is 7. The van der Waals surface area contributed by atoms with Crippen molar-refractivity contribution in [1.82, 2.24) is 9.55 Å². The lowest BCUT2D eigenvalue weighted by atomic mass is 9.92. The molecule has 1 aromatic heterocycles. The summed E-state index contributed by atoms with van der Waals surface area (Å²) in [7, 11) is 0. The number of aliphatic carboxylic acids is 1. The number of carboxylic acids is 1. The van der Waals surface area contributed by atoms with E-state index in [1.165, 1.54) is 11.8 Å². The Morgan fingerprint density at radius 2 is 2.20 bits per heavy atom. The van der Waals surface area contributed by atoms with Crippen molar-refractivity contribution in [3.05, 3.63) is 11.9 Å². The van der Waals surface area contributed by atoms with Gasteiger partial charge in [0.25, 0.3) is 0 Å². The molecule has 0 bridgehead atoms. The van der Waals surface area contributed by atoms with Crippen molar-refractivity contribution < 1.29 is 14.6 Å². The Hall–Kier alpha value is -1.01. The highest BCUT2D eigenvalue weighted by Gasteiger charge is 2.25. The highest BCUT2D eigenvalue weighted by Crippen LogP contribution is 2.30. The maximum Gasteiger partial charge on any atom is 0.313 e. The second kappa shape index (κ2) is 7.13. The van der Waals surface area contributed by atoms with Crippen molar-refractivity contribution in [3.63, 3.8) is 0 Å². The minimum atomic E-state index is -0.834. The Bertz CT molecular complexity index is 452. The van der Waals surface area contributed by atoms with E-state index in [1.807, 2.05) is 13.1 Å². The molecule has 0 aliphatic carbocycles. The van der Waals surface area contributed by atoms with E-state index in [0.717, 1.165) is 10.9 Å². The van der Waals surface area contributed by atoms with Gasteiger partial charge in [0, 0.05) is 23.9 Å². The molecule has 0 aliphatic heterocycles. The van der Waals surface area contributed by atoms with Gasteiger partial charge >= 0.3 is 5.97 Å². The summed E-state index contributed by atoms with van der Waals surface area (Å²) in [5, 5.41) is 9.57. The number of hydrogen-bond acceptors (Lipinski definition) is 4. The quantitative estimate of drug-likeness (QED) is 0.784. The molecule has 114 valence electrons. The second-order valence-corrected chi connectivity index (χ2v) is 6.68. The molecule has 1 atom stereocenters. The normalized spacial score (nSPS) is 13.4. The summed E-state index contributed by atoms with van der Waals surface area (Å²) in [6.45, 7) is 11.7. The number of nitrogens with zero attached hydrogens (tertiary/aromatic N) is 2. The van der Waals surface area contributed by atoms with Crippen LogP contribution in [0.15, 0.2) is 11.4 Å². The highest BCUT2D eigenvalue weighted by atomic mass is 32.2. The lowest BCUT2D eigenvalue weighted by molar-refractivity contribution is -0.133. The monoisotopic (exact) mass is 300 g/mol. The number of ether oxygens (including phenoxy) is 1. The van der Waals surface area contributed by atoms with Crippen molar-refractivity contribution in [2.75, 3.05) is 19.0 Å². The Kier molecular flexibility index (Phi) is 6.07. The summed E-state index contributed by atoms with van der Waals surface area (Å²) in [4.78, 5) is 15.1. The van der Waals surface area contributed by atoms with Crippen molar-refractivity contribution in [2.45, 2.75) is 51.2 Å². The fraction of sp³-hybridized carbons (Fsp3) is 0.714. The summed E-state index contributed by atoms with van der Waals surface area (Å²) in [5.74, 6) is -0.818. The summed E-state index contributed by atoms with van der Waals surface area (Å²) >= 11 is 1.25. The molecule has 0 spiro atoms. The van der Waals surface area contributed by atoms with Crippen LogP contribution in [0.25, 0.3) is 0 Å². The molecular formula is C14H24N2O3S. The molecule has 0 aromatic carbocycles. The Balaban J connectivity index is 3.05. The van der Waals surface area contributed by atoms with Crippen LogP contribution >= 0.6 is 11.8 Å². The van der Waals surface area contributed by atoms with Crippen LogP contribution < -0.4 is 0 Å². The molecule has 20 heavy (non-hydrogen) atoms. The topological polar surface area (TPSA) is 64.4 Å². The Morgan fingerprint density at radius 3 is 2.70 bits per heavy atom. The lowest BCUT2D eigenvalue weighted by Crippen LogP contribution is -2.23. The molecule has 5 nitrogen and oxygen atoms in total. The first-order chi connectivity index (χ1) is 9.27. The first kappa shape index (κ1) is 17.0. The Labute approximate surface area is 124 Å².